The maximum absolute atomic E-state index is 13.0. The number of aromatic nitrogens is 1. The molecule has 1 aromatic heterocycles. The molecule has 3 aliphatic carbocycles. The fourth-order valence-corrected chi connectivity index (χ4v) is 7.94. The summed E-state index contributed by atoms with van der Waals surface area (Å²) in [5, 5.41) is 18.4. The van der Waals surface area contributed by atoms with Crippen LogP contribution in [0.2, 0.25) is 0 Å². The molecule has 8 nitrogen and oxygen atoms in total. The van der Waals surface area contributed by atoms with Gasteiger partial charge in [0.25, 0.3) is 0 Å². The highest BCUT2D eigenvalue weighted by Gasteiger charge is 2.54. The van der Waals surface area contributed by atoms with Crippen LogP contribution in [0.15, 0.2) is 0 Å². The largest absolute Gasteiger partial charge is 0.392 e. The Hall–Kier alpha value is -1.55. The summed E-state index contributed by atoms with van der Waals surface area (Å²) in [6.07, 6.45) is 4.09. The Balaban J connectivity index is 1.22. The SMILES string of the molecule is C[C@H](C(=O)NCCN1CCOCC1)[C@H]1CC[C@]2(C)Cc3sc(NC(=O)C4CC4)nc3[C@@H](C)[C@@H]2[C@H]1O. The molecule has 0 spiro atoms. The molecule has 5 rings (SSSR count). The molecule has 2 amide bonds. The smallest absolute Gasteiger partial charge is 0.229 e. The zero-order chi connectivity index (χ0) is 24.7. The molecule has 0 bridgehead atoms. The first-order chi connectivity index (χ1) is 16.8. The fourth-order valence-electron chi connectivity index (χ4n) is 6.67. The number of hydrogen-bond donors (Lipinski definition) is 3. The van der Waals surface area contributed by atoms with E-state index in [9.17, 15) is 14.7 Å². The van der Waals surface area contributed by atoms with Gasteiger partial charge in [-0.25, -0.2) is 4.98 Å². The summed E-state index contributed by atoms with van der Waals surface area (Å²) in [5.41, 5.74) is 0.991. The molecule has 2 heterocycles. The van der Waals surface area contributed by atoms with E-state index in [2.05, 4.69) is 29.4 Å². The highest BCUT2D eigenvalue weighted by molar-refractivity contribution is 7.15. The van der Waals surface area contributed by atoms with Gasteiger partial charge in [-0.2, -0.15) is 0 Å². The molecule has 1 aromatic rings. The summed E-state index contributed by atoms with van der Waals surface area (Å²) in [7, 11) is 0. The van der Waals surface area contributed by atoms with Crippen molar-refractivity contribution >= 4 is 28.3 Å². The fraction of sp³-hybridized carbons (Fsp3) is 0.808. The molecule has 3 N–H and O–H groups in total. The Morgan fingerprint density at radius 1 is 1.29 bits per heavy atom. The first-order valence-electron chi connectivity index (χ1n) is 13.3. The van der Waals surface area contributed by atoms with Crippen LogP contribution in [-0.4, -0.2) is 72.3 Å². The van der Waals surface area contributed by atoms with Gasteiger partial charge >= 0.3 is 0 Å². The van der Waals surface area contributed by atoms with Crippen molar-refractivity contribution in [2.75, 3.05) is 44.7 Å². The van der Waals surface area contributed by atoms with Gasteiger partial charge in [0.05, 0.1) is 25.0 Å². The first kappa shape index (κ1) is 25.1. The average Bonchev–Trinajstić information content (AvgIpc) is 3.61. The predicted molar refractivity (Wildman–Crippen MR) is 135 cm³/mol. The Morgan fingerprint density at radius 2 is 2.03 bits per heavy atom. The van der Waals surface area contributed by atoms with Crippen LogP contribution < -0.4 is 10.6 Å². The molecule has 35 heavy (non-hydrogen) atoms. The summed E-state index contributed by atoms with van der Waals surface area (Å²) in [4.78, 5) is 33.6. The van der Waals surface area contributed by atoms with Crippen LogP contribution in [0.3, 0.4) is 0 Å². The normalized spacial score (nSPS) is 33.9. The number of anilines is 1. The van der Waals surface area contributed by atoms with E-state index in [-0.39, 0.29) is 46.8 Å². The maximum Gasteiger partial charge on any atom is 0.229 e. The van der Waals surface area contributed by atoms with Gasteiger partial charge in [-0.15, -0.1) is 11.3 Å². The van der Waals surface area contributed by atoms with Gasteiger partial charge in [-0.3, -0.25) is 14.5 Å². The number of amides is 2. The van der Waals surface area contributed by atoms with Crippen molar-refractivity contribution in [1.82, 2.24) is 15.2 Å². The molecule has 0 unspecified atom stereocenters. The van der Waals surface area contributed by atoms with Gasteiger partial charge in [0.1, 0.15) is 0 Å². The summed E-state index contributed by atoms with van der Waals surface area (Å²) >= 11 is 1.60. The first-order valence-corrected chi connectivity index (χ1v) is 14.1. The Morgan fingerprint density at radius 3 is 2.74 bits per heavy atom. The number of morpholine rings is 1. The van der Waals surface area contributed by atoms with Crippen LogP contribution in [0.4, 0.5) is 5.13 Å². The van der Waals surface area contributed by atoms with Gasteiger partial charge in [-0.1, -0.05) is 20.8 Å². The van der Waals surface area contributed by atoms with Crippen LogP contribution in [0.25, 0.3) is 0 Å². The number of hydrogen-bond acceptors (Lipinski definition) is 7. The molecular formula is C26H40N4O4S. The van der Waals surface area contributed by atoms with Gasteiger partial charge in [-0.05, 0) is 49.4 Å². The van der Waals surface area contributed by atoms with E-state index >= 15 is 0 Å². The molecule has 194 valence electrons. The summed E-state index contributed by atoms with van der Waals surface area (Å²) < 4.78 is 5.39. The van der Waals surface area contributed by atoms with E-state index < -0.39 is 6.10 Å². The molecule has 6 atom stereocenters. The minimum absolute atomic E-state index is 0.0286. The summed E-state index contributed by atoms with van der Waals surface area (Å²) in [6, 6.07) is 0. The van der Waals surface area contributed by atoms with Gasteiger partial charge < -0.3 is 20.5 Å². The van der Waals surface area contributed by atoms with Crippen LogP contribution >= 0.6 is 11.3 Å². The Bertz CT molecular complexity index is 944. The molecular weight excluding hydrogens is 464 g/mol. The van der Waals surface area contributed by atoms with Crippen LogP contribution in [0.5, 0.6) is 0 Å². The van der Waals surface area contributed by atoms with Crippen molar-refractivity contribution in [1.29, 1.82) is 0 Å². The van der Waals surface area contributed by atoms with E-state index in [1.165, 1.54) is 4.88 Å². The second kappa shape index (κ2) is 10.1. The number of thiazole rings is 1. The molecule has 1 saturated heterocycles. The van der Waals surface area contributed by atoms with E-state index in [1.807, 2.05) is 6.92 Å². The van der Waals surface area contributed by atoms with Crippen molar-refractivity contribution in [2.45, 2.75) is 64.9 Å². The van der Waals surface area contributed by atoms with E-state index in [1.54, 1.807) is 11.3 Å². The minimum atomic E-state index is -0.553. The topological polar surface area (TPSA) is 104 Å². The number of aliphatic hydroxyl groups excluding tert-OH is 1. The third-order valence-corrected chi connectivity index (χ3v) is 9.97. The number of ether oxygens (including phenoxy) is 1. The zero-order valence-electron chi connectivity index (χ0n) is 21.2. The van der Waals surface area contributed by atoms with E-state index in [0.29, 0.717) is 11.7 Å². The molecule has 4 aliphatic rings. The molecule has 3 fully saturated rings. The number of fused-ring (bicyclic) bond motifs is 2. The average molecular weight is 505 g/mol. The standard InChI is InChI=1S/C26H40N4O4S/c1-15(23(32)27-8-9-30-10-12-34-13-11-30)18-6-7-26(3)14-19-21(16(2)20(26)22(18)31)28-25(35-19)29-24(33)17-4-5-17/h15-18,20,22,31H,4-14H2,1-3H3,(H,27,32)(H,28,29,33)/t15-,16-,18+,20+,22-,26+/m0/s1. The molecule has 0 aromatic carbocycles. The lowest BCUT2D eigenvalue weighted by Crippen LogP contribution is -2.53. The second-order valence-corrected chi connectivity index (χ2v) is 12.5. The highest BCUT2D eigenvalue weighted by atomic mass is 32.1. The zero-order valence-corrected chi connectivity index (χ0v) is 22.0. The number of rotatable bonds is 7. The lowest BCUT2D eigenvalue weighted by atomic mass is 9.53. The van der Waals surface area contributed by atoms with Gasteiger partial charge in [0, 0.05) is 48.8 Å². The molecule has 2 saturated carbocycles. The van der Waals surface area contributed by atoms with Crippen molar-refractivity contribution < 1.29 is 19.4 Å². The number of nitrogens with zero attached hydrogens (tertiary/aromatic N) is 2. The molecule has 1 aliphatic heterocycles. The van der Waals surface area contributed by atoms with Crippen molar-refractivity contribution in [3.8, 4) is 0 Å². The van der Waals surface area contributed by atoms with Crippen LogP contribution in [-0.2, 0) is 20.7 Å². The predicted octanol–water partition coefficient (Wildman–Crippen LogP) is 2.63. The van der Waals surface area contributed by atoms with Crippen molar-refractivity contribution in [3.63, 3.8) is 0 Å². The van der Waals surface area contributed by atoms with Crippen LogP contribution in [0.1, 0.15) is 62.9 Å². The van der Waals surface area contributed by atoms with Gasteiger partial charge in [0.15, 0.2) is 5.13 Å². The summed E-state index contributed by atoms with van der Waals surface area (Å²) in [6.45, 7) is 11.2. The third-order valence-electron chi connectivity index (χ3n) is 8.99. The number of carbonyl (C=O) groups excluding carboxylic acids is 2. The molecule has 0 radical (unpaired) electrons. The van der Waals surface area contributed by atoms with Gasteiger partial charge in [0.2, 0.25) is 11.8 Å². The lowest BCUT2D eigenvalue weighted by Gasteiger charge is -2.53. The highest BCUT2D eigenvalue weighted by Crippen LogP contribution is 2.57. The summed E-state index contributed by atoms with van der Waals surface area (Å²) in [5.74, 6) is 0.101. The maximum atomic E-state index is 13.0. The minimum Gasteiger partial charge on any atom is -0.392 e. The quantitative estimate of drug-likeness (QED) is 0.528. The number of carbonyl (C=O) groups is 2. The van der Waals surface area contributed by atoms with Crippen LogP contribution in [0, 0.1) is 29.1 Å². The Labute approximate surface area is 212 Å². The second-order valence-electron chi connectivity index (χ2n) is 11.5. The third kappa shape index (κ3) is 5.15. The number of nitrogens with one attached hydrogen (secondary N) is 2. The number of aliphatic hydroxyl groups is 1. The van der Waals surface area contributed by atoms with E-state index in [0.717, 1.165) is 70.6 Å². The Kier molecular flexibility index (Phi) is 7.23. The van der Waals surface area contributed by atoms with Crippen molar-refractivity contribution in [3.05, 3.63) is 10.6 Å². The monoisotopic (exact) mass is 504 g/mol. The van der Waals surface area contributed by atoms with Crippen molar-refractivity contribution in [2.24, 2.45) is 29.1 Å². The lowest BCUT2D eigenvalue weighted by molar-refractivity contribution is -0.134. The molecule has 9 heteroatoms. The van der Waals surface area contributed by atoms with E-state index in [4.69, 9.17) is 9.72 Å².